The van der Waals surface area contributed by atoms with Gasteiger partial charge in [0, 0.05) is 0 Å². The van der Waals surface area contributed by atoms with Crippen molar-refractivity contribution in [3.63, 3.8) is 0 Å². The topological polar surface area (TPSA) is 0 Å². The van der Waals surface area contributed by atoms with Gasteiger partial charge in [-0.2, -0.15) is 26.3 Å². The minimum absolute atomic E-state index is 2.53. The van der Waals surface area contributed by atoms with Gasteiger partial charge >= 0.3 is 17.8 Å². The van der Waals surface area contributed by atoms with Crippen LogP contribution in [0.25, 0.3) is 0 Å². The third-order valence-electron chi connectivity index (χ3n) is 1.88. The van der Waals surface area contributed by atoms with Crippen LogP contribution in [-0.2, 0) is 0 Å². The number of halogens is 9. The zero-order valence-corrected chi connectivity index (χ0v) is 6.63. The molecule has 2 rings (SSSR count). The molecule has 2 saturated carbocycles. The molecule has 0 aliphatic heterocycles. The third-order valence-corrected chi connectivity index (χ3v) is 1.88. The van der Waals surface area contributed by atoms with Gasteiger partial charge < -0.3 is 0 Å². The molecule has 0 nitrogen and oxygen atoms in total. The Hall–Kier alpha value is -0.630. The summed E-state index contributed by atoms with van der Waals surface area (Å²) in [6.07, 6.45) is -8.32. The summed E-state index contributed by atoms with van der Waals surface area (Å²) < 4.78 is 101. The highest BCUT2D eigenvalue weighted by Gasteiger charge is 2.87. The van der Waals surface area contributed by atoms with E-state index in [2.05, 4.69) is 0 Å². The Morgan fingerprint density at radius 2 is 0.733 bits per heavy atom. The number of alkyl halides is 9. The number of rotatable bonds is 0. The second-order valence-electron chi connectivity index (χ2n) is 3.09. The van der Waals surface area contributed by atoms with Crippen LogP contribution in [0.15, 0.2) is 0 Å². The molecule has 0 aromatic carbocycles. The Bertz CT molecular complexity index is 235. The molecular formula is C6H3F9. The molecule has 2 fully saturated rings. The number of hydrogen-bond acceptors (Lipinski definition) is 0. The third kappa shape index (κ3) is 1.65. The van der Waals surface area contributed by atoms with Gasteiger partial charge in [0.25, 0.3) is 0 Å². The first-order valence-electron chi connectivity index (χ1n) is 3.53. The van der Waals surface area contributed by atoms with Gasteiger partial charge in [-0.05, 0) is 0 Å². The van der Waals surface area contributed by atoms with E-state index in [1.54, 1.807) is 0 Å². The van der Waals surface area contributed by atoms with Crippen molar-refractivity contribution in [2.75, 3.05) is 0 Å². The van der Waals surface area contributed by atoms with Crippen LogP contribution in [0.1, 0.15) is 0 Å². The van der Waals surface area contributed by atoms with Crippen molar-refractivity contribution in [1.82, 2.24) is 0 Å². The smallest absolute Gasteiger partial charge is 0.237 e. The molecule has 0 heterocycles. The largest absolute Gasteiger partial charge is 0.350 e. The second-order valence-corrected chi connectivity index (χ2v) is 3.09. The van der Waals surface area contributed by atoms with Crippen molar-refractivity contribution in [2.45, 2.75) is 36.3 Å². The van der Waals surface area contributed by atoms with Gasteiger partial charge in [0.15, 0.2) is 0 Å². The van der Waals surface area contributed by atoms with Crippen LogP contribution in [-0.4, -0.2) is 36.3 Å². The summed E-state index contributed by atoms with van der Waals surface area (Å²) in [4.78, 5) is 0. The molecule has 2 atom stereocenters. The van der Waals surface area contributed by atoms with Gasteiger partial charge in [-0.15, -0.1) is 0 Å². The summed E-state index contributed by atoms with van der Waals surface area (Å²) in [7, 11) is 0. The van der Waals surface area contributed by atoms with Crippen LogP contribution in [0.5, 0.6) is 0 Å². The van der Waals surface area contributed by atoms with E-state index in [0.717, 1.165) is 0 Å². The maximum Gasteiger partial charge on any atom is 0.350 e. The molecule has 15 heavy (non-hydrogen) atoms. The van der Waals surface area contributed by atoms with Gasteiger partial charge in [0.2, 0.25) is 18.5 Å². The Kier molecular flexibility index (Phi) is 2.44. The summed E-state index contributed by atoms with van der Waals surface area (Å²) >= 11 is 0. The summed E-state index contributed by atoms with van der Waals surface area (Å²) in [6, 6.07) is 0. The van der Waals surface area contributed by atoms with Gasteiger partial charge in [-0.3, -0.25) is 0 Å². The van der Waals surface area contributed by atoms with Gasteiger partial charge in [-0.25, -0.2) is 13.2 Å². The molecule has 2 aliphatic rings. The first-order chi connectivity index (χ1) is 6.47. The van der Waals surface area contributed by atoms with E-state index in [9.17, 15) is 39.5 Å². The molecule has 0 aromatic rings. The van der Waals surface area contributed by atoms with Crippen LogP contribution in [0.3, 0.4) is 0 Å². The Labute approximate surface area is 77.0 Å². The number of hydrogen-bond donors (Lipinski definition) is 0. The summed E-state index contributed by atoms with van der Waals surface area (Å²) in [5.41, 5.74) is 0. The van der Waals surface area contributed by atoms with E-state index in [1.165, 1.54) is 0 Å². The zero-order valence-electron chi connectivity index (χ0n) is 6.63. The summed E-state index contributed by atoms with van der Waals surface area (Å²) in [5.74, 6) is -12.5. The highest BCUT2D eigenvalue weighted by Crippen LogP contribution is 2.58. The maximum atomic E-state index is 11.2. The summed E-state index contributed by atoms with van der Waals surface area (Å²) in [6.45, 7) is 0. The van der Waals surface area contributed by atoms with Crippen molar-refractivity contribution in [3.8, 4) is 0 Å². The molecule has 0 saturated heterocycles. The van der Waals surface area contributed by atoms with Crippen molar-refractivity contribution in [2.24, 2.45) is 0 Å². The lowest BCUT2D eigenvalue weighted by Gasteiger charge is -1.85. The second kappa shape index (κ2) is 2.94. The average Bonchev–Trinajstić information content (AvgIpc) is 2.67. The molecular weight excluding hydrogens is 243 g/mol. The first-order valence-corrected chi connectivity index (χ1v) is 3.53. The van der Waals surface area contributed by atoms with E-state index >= 15 is 0 Å². The monoisotopic (exact) mass is 246 g/mol. The van der Waals surface area contributed by atoms with E-state index in [-0.39, 0.29) is 0 Å². The van der Waals surface area contributed by atoms with Crippen LogP contribution in [0, 0.1) is 0 Å². The lowest BCUT2D eigenvalue weighted by molar-refractivity contribution is -0.0278. The molecule has 0 spiro atoms. The standard InChI is InChI=1S/C3HF5.C3H2F4/c4-1-2(5,6)3(1,7)8;4-1-2(5)3(1,6)7/h1H;1-2H/t;1-,2-/m.0/s1. The molecule has 0 bridgehead atoms. The highest BCUT2D eigenvalue weighted by molar-refractivity contribution is 5.15. The molecule has 9 heteroatoms. The molecule has 0 aromatic heterocycles. The highest BCUT2D eigenvalue weighted by atomic mass is 19.3. The minimum atomic E-state index is -4.40. The van der Waals surface area contributed by atoms with Crippen molar-refractivity contribution < 1.29 is 39.5 Å². The fraction of sp³-hybridized carbons (Fsp3) is 1.00. The van der Waals surface area contributed by atoms with Crippen molar-refractivity contribution >= 4 is 0 Å². The van der Waals surface area contributed by atoms with Gasteiger partial charge in [-0.1, -0.05) is 0 Å². The SMILES string of the molecule is FC1C(F)(F)C1(F)F.F[C@H]1[C@H](F)C1(F)F. The lowest BCUT2D eigenvalue weighted by atomic mass is 10.8. The van der Waals surface area contributed by atoms with Gasteiger partial charge in [0.05, 0.1) is 0 Å². The van der Waals surface area contributed by atoms with Crippen LogP contribution in [0.4, 0.5) is 39.5 Å². The predicted molar refractivity (Wildman–Crippen MR) is 29.5 cm³/mol. The predicted octanol–water partition coefficient (Wildman–Crippen LogP) is 2.92. The first kappa shape index (κ1) is 12.4. The van der Waals surface area contributed by atoms with E-state index in [0.29, 0.717) is 0 Å². The van der Waals surface area contributed by atoms with Crippen LogP contribution in [0.2, 0.25) is 0 Å². The Morgan fingerprint density at radius 1 is 0.600 bits per heavy atom. The van der Waals surface area contributed by atoms with Crippen molar-refractivity contribution in [3.05, 3.63) is 0 Å². The van der Waals surface area contributed by atoms with E-state index in [4.69, 9.17) is 0 Å². The maximum absolute atomic E-state index is 11.2. The Balaban J connectivity index is 0.000000151. The Morgan fingerprint density at radius 3 is 0.733 bits per heavy atom. The molecule has 90 valence electrons. The van der Waals surface area contributed by atoms with E-state index in [1.807, 2.05) is 0 Å². The molecule has 0 amide bonds. The van der Waals surface area contributed by atoms with Gasteiger partial charge in [0.1, 0.15) is 0 Å². The minimum Gasteiger partial charge on any atom is -0.237 e. The lowest BCUT2D eigenvalue weighted by Crippen LogP contribution is -2.02. The van der Waals surface area contributed by atoms with Crippen LogP contribution < -0.4 is 0 Å². The molecule has 0 N–H and O–H groups in total. The van der Waals surface area contributed by atoms with Crippen molar-refractivity contribution in [1.29, 1.82) is 0 Å². The van der Waals surface area contributed by atoms with E-state index < -0.39 is 36.3 Å². The quantitative estimate of drug-likeness (QED) is 0.576. The molecule has 0 radical (unpaired) electrons. The zero-order chi connectivity index (χ0) is 12.2. The molecule has 2 aliphatic carbocycles. The fourth-order valence-electron chi connectivity index (χ4n) is 0.560. The normalized spacial score (nSPS) is 39.0. The molecule has 0 unspecified atom stereocenters. The summed E-state index contributed by atoms with van der Waals surface area (Å²) in [5, 5.41) is 0. The van der Waals surface area contributed by atoms with Crippen LogP contribution >= 0.6 is 0 Å². The fourth-order valence-corrected chi connectivity index (χ4v) is 0.560. The average molecular weight is 246 g/mol.